The second-order valence-corrected chi connectivity index (χ2v) is 5.91. The van der Waals surface area contributed by atoms with Crippen LogP contribution in [0.15, 0.2) is 40.4 Å². The number of fused-ring (bicyclic) bond motifs is 1. The number of aryl methyl sites for hydroxylation is 1. The molecular formula is C14H11ClFN3S. The quantitative estimate of drug-likeness (QED) is 0.690. The van der Waals surface area contributed by atoms with Gasteiger partial charge in [0.2, 0.25) is 0 Å². The Morgan fingerprint density at radius 3 is 2.90 bits per heavy atom. The van der Waals surface area contributed by atoms with Crippen molar-refractivity contribution in [3.63, 3.8) is 0 Å². The number of anilines is 1. The molecule has 3 N–H and O–H groups in total. The van der Waals surface area contributed by atoms with Crippen molar-refractivity contribution in [1.29, 1.82) is 0 Å². The zero-order chi connectivity index (χ0) is 14.3. The fourth-order valence-electron chi connectivity index (χ4n) is 1.88. The molecule has 0 saturated heterocycles. The van der Waals surface area contributed by atoms with E-state index in [1.165, 1.54) is 23.9 Å². The Morgan fingerprint density at radius 1 is 1.30 bits per heavy atom. The van der Waals surface area contributed by atoms with Gasteiger partial charge in [0, 0.05) is 10.6 Å². The first-order valence-electron chi connectivity index (χ1n) is 5.91. The fourth-order valence-corrected chi connectivity index (χ4v) is 2.98. The molecule has 0 aliphatic carbocycles. The van der Waals surface area contributed by atoms with Crippen LogP contribution in [0.1, 0.15) is 5.56 Å². The van der Waals surface area contributed by atoms with Crippen LogP contribution < -0.4 is 5.73 Å². The predicted molar refractivity (Wildman–Crippen MR) is 80.8 cm³/mol. The van der Waals surface area contributed by atoms with Crippen molar-refractivity contribution in [3.05, 3.63) is 46.7 Å². The number of imidazole rings is 1. The summed E-state index contributed by atoms with van der Waals surface area (Å²) in [7, 11) is 0. The standard InChI is InChI=1S/C14H11ClFN3S/c1-7-2-3-11-12(4-7)19-14(18-11)20-13-5-8(15)9(16)6-10(13)17/h2-6H,17H2,1H3,(H,18,19). The Kier molecular flexibility index (Phi) is 3.31. The maximum atomic E-state index is 13.3. The number of hydrogen-bond donors (Lipinski definition) is 2. The number of halogens is 2. The summed E-state index contributed by atoms with van der Waals surface area (Å²) in [5.41, 5.74) is 9.13. The van der Waals surface area contributed by atoms with Gasteiger partial charge in [0.25, 0.3) is 0 Å². The van der Waals surface area contributed by atoms with E-state index in [0.717, 1.165) is 16.6 Å². The fraction of sp³-hybridized carbons (Fsp3) is 0.0714. The van der Waals surface area contributed by atoms with E-state index >= 15 is 0 Å². The van der Waals surface area contributed by atoms with Crippen LogP contribution in [0, 0.1) is 12.7 Å². The minimum Gasteiger partial charge on any atom is -0.398 e. The lowest BCUT2D eigenvalue weighted by Crippen LogP contribution is -1.91. The van der Waals surface area contributed by atoms with Crippen LogP contribution >= 0.6 is 23.4 Å². The van der Waals surface area contributed by atoms with Crippen LogP contribution in [-0.2, 0) is 0 Å². The van der Waals surface area contributed by atoms with Gasteiger partial charge in [-0.15, -0.1) is 0 Å². The highest BCUT2D eigenvalue weighted by molar-refractivity contribution is 7.99. The lowest BCUT2D eigenvalue weighted by atomic mass is 10.2. The van der Waals surface area contributed by atoms with E-state index in [4.69, 9.17) is 17.3 Å². The van der Waals surface area contributed by atoms with Crippen LogP contribution in [-0.4, -0.2) is 9.97 Å². The second kappa shape index (κ2) is 5.00. The van der Waals surface area contributed by atoms with Crippen molar-refractivity contribution in [1.82, 2.24) is 9.97 Å². The Balaban J connectivity index is 1.99. The average Bonchev–Trinajstić information content (AvgIpc) is 2.77. The van der Waals surface area contributed by atoms with Gasteiger partial charge in [-0.3, -0.25) is 0 Å². The molecule has 1 heterocycles. The number of aromatic nitrogens is 2. The molecule has 3 aromatic rings. The van der Waals surface area contributed by atoms with Crippen LogP contribution in [0.3, 0.4) is 0 Å². The van der Waals surface area contributed by atoms with Gasteiger partial charge in [-0.25, -0.2) is 9.37 Å². The summed E-state index contributed by atoms with van der Waals surface area (Å²) in [5, 5.41) is 0.744. The van der Waals surface area contributed by atoms with Gasteiger partial charge in [-0.05, 0) is 48.5 Å². The summed E-state index contributed by atoms with van der Waals surface area (Å²) in [6.07, 6.45) is 0. The molecule has 0 bridgehead atoms. The molecular weight excluding hydrogens is 297 g/mol. The molecule has 0 fully saturated rings. The number of nitrogens with two attached hydrogens (primary N) is 1. The Morgan fingerprint density at radius 2 is 2.10 bits per heavy atom. The highest BCUT2D eigenvalue weighted by atomic mass is 35.5. The van der Waals surface area contributed by atoms with Gasteiger partial charge in [0.1, 0.15) is 5.82 Å². The molecule has 0 atom stereocenters. The SMILES string of the molecule is Cc1ccc2nc(Sc3cc(Cl)c(F)cc3N)[nH]c2c1. The number of hydrogen-bond acceptors (Lipinski definition) is 3. The molecule has 0 aliphatic heterocycles. The van der Waals surface area contributed by atoms with E-state index < -0.39 is 5.82 Å². The van der Waals surface area contributed by atoms with Gasteiger partial charge >= 0.3 is 0 Å². The number of rotatable bonds is 2. The molecule has 6 heteroatoms. The Hall–Kier alpha value is -1.72. The third kappa shape index (κ3) is 2.46. The maximum absolute atomic E-state index is 13.3. The third-order valence-corrected chi connectivity index (χ3v) is 4.12. The molecule has 2 aromatic carbocycles. The smallest absolute Gasteiger partial charge is 0.171 e. The van der Waals surface area contributed by atoms with Gasteiger partial charge in [0.05, 0.1) is 16.1 Å². The molecule has 1 aromatic heterocycles. The molecule has 0 radical (unpaired) electrons. The van der Waals surface area contributed by atoms with Gasteiger partial charge in [0.15, 0.2) is 5.16 Å². The minimum atomic E-state index is -0.520. The molecule has 3 rings (SSSR count). The van der Waals surface area contributed by atoms with Crippen molar-refractivity contribution < 1.29 is 4.39 Å². The average molecular weight is 308 g/mol. The second-order valence-electron chi connectivity index (χ2n) is 4.47. The van der Waals surface area contributed by atoms with Crippen LogP contribution in [0.5, 0.6) is 0 Å². The largest absolute Gasteiger partial charge is 0.398 e. The van der Waals surface area contributed by atoms with E-state index in [0.29, 0.717) is 15.7 Å². The van der Waals surface area contributed by atoms with Crippen molar-refractivity contribution in [2.45, 2.75) is 17.0 Å². The first kappa shape index (κ1) is 13.3. The number of aromatic amines is 1. The molecule has 0 spiro atoms. The lowest BCUT2D eigenvalue weighted by molar-refractivity contribution is 0.628. The van der Waals surface area contributed by atoms with Crippen LogP contribution in [0.2, 0.25) is 5.02 Å². The van der Waals surface area contributed by atoms with Crippen molar-refractivity contribution in [3.8, 4) is 0 Å². The molecule has 0 aliphatic rings. The van der Waals surface area contributed by atoms with E-state index in [1.807, 2.05) is 25.1 Å². The lowest BCUT2D eigenvalue weighted by Gasteiger charge is -2.04. The molecule has 20 heavy (non-hydrogen) atoms. The normalized spacial score (nSPS) is 11.2. The zero-order valence-corrected chi connectivity index (χ0v) is 12.1. The van der Waals surface area contributed by atoms with Gasteiger partial charge < -0.3 is 10.7 Å². The summed E-state index contributed by atoms with van der Waals surface area (Å²) in [4.78, 5) is 8.34. The number of H-pyrrole nitrogens is 1. The topological polar surface area (TPSA) is 54.7 Å². The first-order valence-corrected chi connectivity index (χ1v) is 7.11. The highest BCUT2D eigenvalue weighted by Crippen LogP contribution is 2.34. The number of nitrogens with one attached hydrogen (secondary N) is 1. The zero-order valence-electron chi connectivity index (χ0n) is 10.6. The summed E-state index contributed by atoms with van der Waals surface area (Å²) in [6, 6.07) is 8.70. The van der Waals surface area contributed by atoms with E-state index in [2.05, 4.69) is 9.97 Å². The van der Waals surface area contributed by atoms with Gasteiger partial charge in [-0.1, -0.05) is 17.7 Å². The van der Waals surface area contributed by atoms with Crippen LogP contribution in [0.4, 0.5) is 10.1 Å². The number of nitrogens with zero attached hydrogens (tertiary/aromatic N) is 1. The van der Waals surface area contributed by atoms with Crippen molar-refractivity contribution in [2.24, 2.45) is 0 Å². The summed E-state index contributed by atoms with van der Waals surface area (Å²) < 4.78 is 13.3. The number of nitrogen functional groups attached to an aromatic ring is 1. The highest BCUT2D eigenvalue weighted by Gasteiger charge is 2.10. The molecule has 3 nitrogen and oxygen atoms in total. The summed E-state index contributed by atoms with van der Waals surface area (Å²) >= 11 is 7.10. The van der Waals surface area contributed by atoms with E-state index in [1.54, 1.807) is 0 Å². The minimum absolute atomic E-state index is 0.0497. The van der Waals surface area contributed by atoms with E-state index in [9.17, 15) is 4.39 Å². The first-order chi connectivity index (χ1) is 9.52. The third-order valence-electron chi connectivity index (χ3n) is 2.88. The molecule has 0 unspecified atom stereocenters. The Bertz CT molecular complexity index is 800. The Labute approximate surface area is 124 Å². The van der Waals surface area contributed by atoms with Crippen molar-refractivity contribution in [2.75, 3.05) is 5.73 Å². The maximum Gasteiger partial charge on any atom is 0.171 e. The summed E-state index contributed by atoms with van der Waals surface area (Å²) in [5.74, 6) is -0.520. The molecule has 0 saturated carbocycles. The summed E-state index contributed by atoms with van der Waals surface area (Å²) in [6.45, 7) is 2.02. The predicted octanol–water partition coefficient (Wildman–Crippen LogP) is 4.40. The number of benzene rings is 2. The van der Waals surface area contributed by atoms with Crippen LogP contribution in [0.25, 0.3) is 11.0 Å². The molecule has 0 amide bonds. The molecule has 102 valence electrons. The monoisotopic (exact) mass is 307 g/mol. The van der Waals surface area contributed by atoms with Gasteiger partial charge in [-0.2, -0.15) is 0 Å². The van der Waals surface area contributed by atoms with Crippen molar-refractivity contribution >= 4 is 40.1 Å². The van der Waals surface area contributed by atoms with E-state index in [-0.39, 0.29) is 5.02 Å².